The molecule has 27 nitrogen and oxygen atoms in total. The van der Waals surface area contributed by atoms with E-state index in [0.29, 0.717) is 48.3 Å². The van der Waals surface area contributed by atoms with Crippen LogP contribution in [-0.4, -0.2) is 275 Å². The van der Waals surface area contributed by atoms with Crippen LogP contribution in [0, 0.1) is 58.2 Å². The van der Waals surface area contributed by atoms with E-state index in [9.17, 15) is 76.6 Å². The summed E-state index contributed by atoms with van der Waals surface area (Å²) in [5, 5.41) is 164. The van der Waals surface area contributed by atoms with Crippen LogP contribution in [0.15, 0.2) is 0 Å². The fourth-order valence-corrected chi connectivity index (χ4v) is 17.3. The first-order valence-electron chi connectivity index (χ1n) is 30.2. The first kappa shape index (κ1) is 63.5. The maximum absolute atomic E-state index is 12.0. The highest BCUT2D eigenvalue weighted by Gasteiger charge is 2.70. The van der Waals surface area contributed by atoms with Gasteiger partial charge in [0, 0.05) is 18.3 Å². The van der Waals surface area contributed by atoms with E-state index in [2.05, 4.69) is 27.7 Å². The van der Waals surface area contributed by atoms with E-state index in [1.165, 1.54) is 6.92 Å². The summed E-state index contributed by atoms with van der Waals surface area (Å²) in [6.45, 7) is 8.49. The highest BCUT2D eigenvalue weighted by molar-refractivity contribution is 5.16. The first-order valence-corrected chi connectivity index (χ1v) is 30.2. The predicted octanol–water partition coefficient (Wildman–Crippen LogP) is -4.24. The third-order valence-corrected chi connectivity index (χ3v) is 22.3. The van der Waals surface area contributed by atoms with Crippen molar-refractivity contribution >= 4 is 0 Å². The lowest BCUT2D eigenvalue weighted by Crippen LogP contribution is -2.68. The zero-order valence-electron chi connectivity index (χ0n) is 47.6. The summed E-state index contributed by atoms with van der Waals surface area (Å²) in [5.41, 5.74) is -0.0967. The second-order valence-corrected chi connectivity index (χ2v) is 26.9. The van der Waals surface area contributed by atoms with Gasteiger partial charge in [-0.15, -0.1) is 0 Å². The van der Waals surface area contributed by atoms with Gasteiger partial charge in [-0.3, -0.25) is 0 Å². The molecule has 0 aromatic carbocycles. The molecular weight excluding hydrogens is 1100 g/mol. The number of fused-ring (bicyclic) bond motifs is 7. The largest absolute Gasteiger partial charge is 0.394 e. The number of aliphatic hydroxyl groups excluding tert-OH is 15. The summed E-state index contributed by atoms with van der Waals surface area (Å²) in [5.74, 6) is 1.23. The minimum absolute atomic E-state index is 0.113. The molecule has 15 N–H and O–H groups in total. The van der Waals surface area contributed by atoms with E-state index in [1.807, 2.05) is 0 Å². The maximum atomic E-state index is 12.0. The van der Waals surface area contributed by atoms with Crippen LogP contribution in [0.1, 0.15) is 92.4 Å². The van der Waals surface area contributed by atoms with Crippen LogP contribution < -0.4 is 0 Å². The van der Waals surface area contributed by atoms with Crippen molar-refractivity contribution in [1.82, 2.24) is 0 Å². The third kappa shape index (κ3) is 11.1. The average molecular weight is 1200 g/mol. The van der Waals surface area contributed by atoms with Gasteiger partial charge in [-0.05, 0) is 97.7 Å². The molecule has 27 heteroatoms. The summed E-state index contributed by atoms with van der Waals surface area (Å²) in [4.78, 5) is 0. The second kappa shape index (κ2) is 24.6. The zero-order chi connectivity index (χ0) is 59.5. The van der Waals surface area contributed by atoms with Crippen molar-refractivity contribution in [2.24, 2.45) is 58.2 Å². The minimum Gasteiger partial charge on any atom is -0.394 e. The van der Waals surface area contributed by atoms with Crippen LogP contribution in [0.2, 0.25) is 0 Å². The number of rotatable bonds is 13. The molecule has 7 heterocycles. The minimum atomic E-state index is -2.05. The van der Waals surface area contributed by atoms with Gasteiger partial charge in [0.2, 0.25) is 0 Å². The molecule has 37 atom stereocenters. The number of ether oxygens (including phenoxy) is 12. The van der Waals surface area contributed by atoms with Crippen LogP contribution in [0.5, 0.6) is 0 Å². The molecule has 0 radical (unpaired) electrons. The highest BCUT2D eigenvalue weighted by atomic mass is 16.8. The molecule has 11 rings (SSSR count). The molecule has 1 spiro atoms. The van der Waals surface area contributed by atoms with Gasteiger partial charge < -0.3 is 133 Å². The van der Waals surface area contributed by atoms with Crippen LogP contribution in [-0.2, 0) is 56.8 Å². The topological polar surface area (TPSA) is 414 Å². The molecule has 11 fully saturated rings. The second-order valence-electron chi connectivity index (χ2n) is 26.9. The van der Waals surface area contributed by atoms with E-state index in [1.54, 1.807) is 0 Å². The number of aliphatic hydroxyl groups is 15. The molecule has 0 amide bonds. The van der Waals surface area contributed by atoms with Crippen molar-refractivity contribution in [3.63, 3.8) is 0 Å². The fourth-order valence-electron chi connectivity index (χ4n) is 17.3. The van der Waals surface area contributed by atoms with E-state index < -0.39 is 192 Å². The van der Waals surface area contributed by atoms with Gasteiger partial charge in [0.15, 0.2) is 43.5 Å². The van der Waals surface area contributed by atoms with Gasteiger partial charge in [-0.2, -0.15) is 0 Å². The Labute approximate surface area is 481 Å². The molecule has 11 aliphatic rings. The Kier molecular flexibility index (Phi) is 18.8. The molecule has 7 saturated heterocycles. The summed E-state index contributed by atoms with van der Waals surface area (Å²) in [6.07, 6.45) is -34.6. The monoisotopic (exact) mass is 1200 g/mol. The molecule has 0 unspecified atom stereocenters. The molecule has 0 aromatic rings. The van der Waals surface area contributed by atoms with Gasteiger partial charge in [0.1, 0.15) is 97.7 Å². The van der Waals surface area contributed by atoms with E-state index in [-0.39, 0.29) is 22.9 Å². The molecular formula is C56H92O27. The predicted molar refractivity (Wildman–Crippen MR) is 275 cm³/mol. The Balaban J connectivity index is 0.770. The SMILES string of the molecule is C[C@@H]1CC[C@@]2(OC1)O[C@H]1C[C@H]3[C@@H]4CC[C@H]5C[C@@H](O[C@@H]6O[C@H](CO)[C@H](O[C@@H]7O[C@H](CO)[C@@H](O)[C@H](O[C@@H]8OC[C@@H](O[C@@H]9O[C@@H](O)[C@H](O)[C@@H](O)[C@H]9O)[C@H](C)[C@H]8O)[C@H]7O[C@@H]7O[C@H](CO)[C@@H](O)[C@H](O)[C@H]7O)[C@H](O)[C@H]6O)[C@H](O)C[C@]5(C)[C@H]4CC[C@]3(C)[C@H]1[C@@H]2C. The van der Waals surface area contributed by atoms with Crippen molar-refractivity contribution in [1.29, 1.82) is 0 Å². The van der Waals surface area contributed by atoms with E-state index in [4.69, 9.17) is 56.8 Å². The van der Waals surface area contributed by atoms with Crippen molar-refractivity contribution in [3.05, 3.63) is 0 Å². The standard InChI is InChI=1S/C56H92O27/c1-20-8-11-56(73-18-20)22(3)34-29(83-56)13-26-24-7-6-23-12-28(27(60)14-55(23,5)25(24)9-10-54(26,34)4)74-50-44(70)40(66)45(32(17-59)77-50)79-53-47(81-51-42(68)38(64)36(62)30(15-57)75-51)46(37(63)31(16-58)76-53)80-49-35(61)21(2)33(19-72-49)78-52-43(69)39(65)41(67)48(71)82-52/h20-53,57-71H,6-19H2,1-5H3/t20-,21+,22+,23+,24-,25+,26+,27-,28-,29+,30-,31-,32-,33-,34+,35-,36-,37-,38+,39-,40-,41-,42-,43-,44-,45+,46+,47-,48-,49+,50-,51+,52-,53+,54+,55+,56-/m1/s1. The summed E-state index contributed by atoms with van der Waals surface area (Å²) in [7, 11) is 0. The summed E-state index contributed by atoms with van der Waals surface area (Å²) >= 11 is 0. The van der Waals surface area contributed by atoms with Gasteiger partial charge >= 0.3 is 0 Å². The Morgan fingerprint density at radius 1 is 0.482 bits per heavy atom. The highest BCUT2D eigenvalue weighted by Crippen LogP contribution is 2.71. The summed E-state index contributed by atoms with van der Waals surface area (Å²) in [6, 6.07) is 0. The molecule has 4 saturated carbocycles. The first-order chi connectivity index (χ1) is 39.4. The Bertz CT molecular complexity index is 2160. The van der Waals surface area contributed by atoms with Crippen molar-refractivity contribution in [2.75, 3.05) is 33.0 Å². The number of hydrogen-bond acceptors (Lipinski definition) is 27. The lowest BCUT2D eigenvalue weighted by atomic mass is 9.44. The quantitative estimate of drug-likeness (QED) is 0.0777. The van der Waals surface area contributed by atoms with Crippen molar-refractivity contribution < 1.29 is 133 Å². The van der Waals surface area contributed by atoms with Gasteiger partial charge in [0.25, 0.3) is 0 Å². The maximum Gasteiger partial charge on any atom is 0.189 e. The smallest absolute Gasteiger partial charge is 0.189 e. The molecule has 7 aliphatic heterocycles. The van der Waals surface area contributed by atoms with Gasteiger partial charge in [-0.1, -0.05) is 34.6 Å². The normalized spacial score (nSPS) is 58.3. The molecule has 4 aliphatic carbocycles. The molecule has 0 aromatic heterocycles. The lowest BCUT2D eigenvalue weighted by molar-refractivity contribution is -0.406. The Morgan fingerprint density at radius 2 is 1.08 bits per heavy atom. The average Bonchev–Trinajstić information content (AvgIpc) is 3.79. The molecule has 478 valence electrons. The number of hydrogen-bond donors (Lipinski definition) is 15. The lowest BCUT2D eigenvalue weighted by Gasteiger charge is -2.62. The van der Waals surface area contributed by atoms with Gasteiger partial charge in [-0.25, -0.2) is 0 Å². The third-order valence-electron chi connectivity index (χ3n) is 22.3. The van der Waals surface area contributed by atoms with E-state index >= 15 is 0 Å². The van der Waals surface area contributed by atoms with E-state index in [0.717, 1.165) is 51.6 Å². The van der Waals surface area contributed by atoms with Crippen LogP contribution in [0.4, 0.5) is 0 Å². The molecule has 0 bridgehead atoms. The van der Waals surface area contributed by atoms with Crippen LogP contribution in [0.3, 0.4) is 0 Å². The zero-order valence-corrected chi connectivity index (χ0v) is 47.6. The van der Waals surface area contributed by atoms with Crippen molar-refractivity contribution in [2.45, 2.75) is 258 Å². The van der Waals surface area contributed by atoms with Crippen LogP contribution in [0.25, 0.3) is 0 Å². The Hall–Kier alpha value is -1.08. The van der Waals surface area contributed by atoms with Gasteiger partial charge in [0.05, 0.1) is 57.5 Å². The Morgan fingerprint density at radius 3 is 1.77 bits per heavy atom. The summed E-state index contributed by atoms with van der Waals surface area (Å²) < 4.78 is 73.2. The fraction of sp³-hybridized carbons (Fsp3) is 1.00. The van der Waals surface area contributed by atoms with Crippen molar-refractivity contribution in [3.8, 4) is 0 Å². The van der Waals surface area contributed by atoms with Crippen LogP contribution >= 0.6 is 0 Å². The molecule has 83 heavy (non-hydrogen) atoms.